The number of amides is 1. The Balaban J connectivity index is 1.42. The summed E-state index contributed by atoms with van der Waals surface area (Å²) >= 11 is 1.81. The molecule has 1 aromatic heterocycles. The number of nitrogens with zero attached hydrogens (tertiary/aromatic N) is 2. The zero-order valence-electron chi connectivity index (χ0n) is 16.8. The van der Waals surface area contributed by atoms with Crippen molar-refractivity contribution in [1.29, 1.82) is 0 Å². The van der Waals surface area contributed by atoms with Crippen molar-refractivity contribution in [2.75, 3.05) is 12.1 Å². The minimum atomic E-state index is -0.196. The SMILES string of the molecule is Cc1cc(C)cc(-n2nc3c(c2NC(=O)/C=C/c2ccc4c(c2)OCO4)CSC3)c1. The van der Waals surface area contributed by atoms with Gasteiger partial charge in [-0.05, 0) is 60.9 Å². The van der Waals surface area contributed by atoms with E-state index in [4.69, 9.17) is 14.6 Å². The van der Waals surface area contributed by atoms with Crippen LogP contribution in [0, 0.1) is 13.8 Å². The van der Waals surface area contributed by atoms with Gasteiger partial charge in [-0.25, -0.2) is 4.68 Å². The number of rotatable bonds is 4. The van der Waals surface area contributed by atoms with E-state index in [2.05, 4.69) is 37.4 Å². The second-order valence-electron chi connectivity index (χ2n) is 7.46. The van der Waals surface area contributed by atoms with Gasteiger partial charge in [0.25, 0.3) is 0 Å². The lowest BCUT2D eigenvalue weighted by atomic mass is 10.1. The van der Waals surface area contributed by atoms with Crippen molar-refractivity contribution in [1.82, 2.24) is 9.78 Å². The maximum absolute atomic E-state index is 12.7. The first-order valence-corrected chi connectivity index (χ1v) is 10.9. The average Bonchev–Trinajstić information content (AvgIpc) is 3.42. The third kappa shape index (κ3) is 3.57. The minimum absolute atomic E-state index is 0.196. The third-order valence-corrected chi connectivity index (χ3v) is 6.04. The summed E-state index contributed by atoms with van der Waals surface area (Å²) < 4.78 is 12.6. The van der Waals surface area contributed by atoms with Crippen molar-refractivity contribution in [2.24, 2.45) is 0 Å². The molecule has 1 N–H and O–H groups in total. The molecule has 0 saturated heterocycles. The fraction of sp³-hybridized carbons (Fsp3) is 0.217. The summed E-state index contributed by atoms with van der Waals surface area (Å²) in [4.78, 5) is 12.7. The van der Waals surface area contributed by atoms with Crippen LogP contribution < -0.4 is 14.8 Å². The molecule has 0 fully saturated rings. The lowest BCUT2D eigenvalue weighted by Gasteiger charge is -2.11. The predicted molar refractivity (Wildman–Crippen MR) is 118 cm³/mol. The van der Waals surface area contributed by atoms with E-state index >= 15 is 0 Å². The molecule has 0 radical (unpaired) electrons. The van der Waals surface area contributed by atoms with Crippen LogP contribution in [-0.4, -0.2) is 22.5 Å². The first-order chi connectivity index (χ1) is 14.6. The summed E-state index contributed by atoms with van der Waals surface area (Å²) in [7, 11) is 0. The highest BCUT2D eigenvalue weighted by molar-refractivity contribution is 7.98. The molecule has 0 unspecified atom stereocenters. The molecule has 0 saturated carbocycles. The van der Waals surface area contributed by atoms with Crippen molar-refractivity contribution in [3.63, 3.8) is 0 Å². The van der Waals surface area contributed by atoms with E-state index < -0.39 is 0 Å². The van der Waals surface area contributed by atoms with Crippen molar-refractivity contribution in [3.8, 4) is 17.2 Å². The van der Waals surface area contributed by atoms with Gasteiger partial charge in [0.2, 0.25) is 12.7 Å². The van der Waals surface area contributed by atoms with Crippen molar-refractivity contribution >= 4 is 29.6 Å². The normalized spacial score (nSPS) is 14.3. The van der Waals surface area contributed by atoms with E-state index in [9.17, 15) is 4.79 Å². The molecule has 5 rings (SSSR count). The second kappa shape index (κ2) is 7.57. The number of carbonyl (C=O) groups is 1. The van der Waals surface area contributed by atoms with Crippen LogP contribution in [0.4, 0.5) is 5.82 Å². The van der Waals surface area contributed by atoms with Crippen LogP contribution in [0.25, 0.3) is 11.8 Å². The highest BCUT2D eigenvalue weighted by Gasteiger charge is 2.24. The van der Waals surface area contributed by atoms with Crippen molar-refractivity contribution < 1.29 is 14.3 Å². The zero-order valence-corrected chi connectivity index (χ0v) is 17.6. The third-order valence-electron chi connectivity index (χ3n) is 5.07. The molecule has 0 bridgehead atoms. The van der Waals surface area contributed by atoms with E-state index in [0.717, 1.165) is 56.7 Å². The Hall–Kier alpha value is -3.19. The van der Waals surface area contributed by atoms with E-state index in [1.165, 1.54) is 6.08 Å². The molecule has 2 aromatic carbocycles. The maximum atomic E-state index is 12.7. The largest absolute Gasteiger partial charge is 0.454 e. The van der Waals surface area contributed by atoms with Crippen molar-refractivity contribution in [3.05, 3.63) is 70.4 Å². The van der Waals surface area contributed by atoms with Crippen LogP contribution in [0.5, 0.6) is 11.5 Å². The summed E-state index contributed by atoms with van der Waals surface area (Å²) in [6.45, 7) is 4.36. The predicted octanol–water partition coefficient (Wildman–Crippen LogP) is 4.62. The quantitative estimate of drug-likeness (QED) is 0.626. The molecule has 30 heavy (non-hydrogen) atoms. The van der Waals surface area contributed by atoms with Gasteiger partial charge in [0, 0.05) is 23.1 Å². The summed E-state index contributed by atoms with van der Waals surface area (Å²) in [6, 6.07) is 11.9. The Kier molecular flexibility index (Phi) is 4.75. The first-order valence-electron chi connectivity index (χ1n) is 9.73. The zero-order chi connectivity index (χ0) is 20.7. The number of hydrogen-bond donors (Lipinski definition) is 1. The molecule has 152 valence electrons. The number of anilines is 1. The first kappa shape index (κ1) is 18.8. The Morgan fingerprint density at radius 2 is 1.90 bits per heavy atom. The molecule has 0 spiro atoms. The maximum Gasteiger partial charge on any atom is 0.249 e. The van der Waals surface area contributed by atoms with Gasteiger partial charge in [-0.2, -0.15) is 16.9 Å². The molecule has 6 nitrogen and oxygen atoms in total. The number of fused-ring (bicyclic) bond motifs is 2. The summed E-state index contributed by atoms with van der Waals surface area (Å²) in [5, 5.41) is 7.84. The van der Waals surface area contributed by atoms with Gasteiger partial charge >= 0.3 is 0 Å². The minimum Gasteiger partial charge on any atom is -0.454 e. The Morgan fingerprint density at radius 1 is 1.10 bits per heavy atom. The van der Waals surface area contributed by atoms with Crippen LogP contribution in [-0.2, 0) is 16.3 Å². The van der Waals surface area contributed by atoms with Crippen molar-refractivity contribution in [2.45, 2.75) is 25.4 Å². The average molecular weight is 420 g/mol. The standard InChI is InChI=1S/C23H21N3O3S/c1-14-7-15(2)9-17(8-14)26-23(18-11-30-12-19(18)25-26)24-22(27)6-4-16-3-5-20-21(10-16)29-13-28-20/h3-10H,11-13H2,1-2H3,(H,24,27)/b6-4+. The number of hydrogen-bond acceptors (Lipinski definition) is 5. The Labute approximate surface area is 178 Å². The molecular formula is C23H21N3O3S. The lowest BCUT2D eigenvalue weighted by molar-refractivity contribution is -0.111. The second-order valence-corrected chi connectivity index (χ2v) is 8.45. The Bertz CT molecular complexity index is 1160. The number of nitrogens with one attached hydrogen (secondary N) is 1. The molecule has 0 aliphatic carbocycles. The number of carbonyl (C=O) groups excluding carboxylic acids is 1. The van der Waals surface area contributed by atoms with E-state index in [-0.39, 0.29) is 12.7 Å². The van der Waals surface area contributed by atoms with Gasteiger partial charge in [-0.3, -0.25) is 4.79 Å². The molecule has 2 aliphatic heterocycles. The fourth-order valence-corrected chi connectivity index (χ4v) is 4.78. The van der Waals surface area contributed by atoms with Crippen LogP contribution in [0.15, 0.2) is 42.5 Å². The van der Waals surface area contributed by atoms with Gasteiger partial charge in [-0.15, -0.1) is 0 Å². The molecule has 0 atom stereocenters. The molecule has 1 amide bonds. The van der Waals surface area contributed by atoms with Gasteiger partial charge in [0.1, 0.15) is 5.82 Å². The number of ether oxygens (including phenoxy) is 2. The molecule has 7 heteroatoms. The number of thioether (sulfide) groups is 1. The van der Waals surface area contributed by atoms with E-state index in [0.29, 0.717) is 5.75 Å². The van der Waals surface area contributed by atoms with E-state index in [1.807, 2.05) is 34.6 Å². The topological polar surface area (TPSA) is 65.4 Å². The van der Waals surface area contributed by atoms with Crippen LogP contribution in [0.1, 0.15) is 27.9 Å². The molecule has 2 aliphatic rings. The van der Waals surface area contributed by atoms with Gasteiger partial charge in [0.15, 0.2) is 11.5 Å². The molecule has 3 aromatic rings. The smallest absolute Gasteiger partial charge is 0.249 e. The summed E-state index contributed by atoms with van der Waals surface area (Å²) in [5.41, 5.74) is 6.29. The fourth-order valence-electron chi connectivity index (χ4n) is 3.75. The van der Waals surface area contributed by atoms with Gasteiger partial charge < -0.3 is 14.8 Å². The van der Waals surface area contributed by atoms with Crippen LogP contribution in [0.3, 0.4) is 0 Å². The van der Waals surface area contributed by atoms with Gasteiger partial charge in [0.05, 0.1) is 11.4 Å². The molecular weight excluding hydrogens is 398 g/mol. The highest BCUT2D eigenvalue weighted by Crippen LogP contribution is 2.36. The van der Waals surface area contributed by atoms with Gasteiger partial charge in [-0.1, -0.05) is 12.1 Å². The summed E-state index contributed by atoms with van der Waals surface area (Å²) in [6.07, 6.45) is 3.30. The lowest BCUT2D eigenvalue weighted by Crippen LogP contribution is -2.13. The summed E-state index contributed by atoms with van der Waals surface area (Å²) in [5.74, 6) is 3.69. The molecule has 3 heterocycles. The number of aromatic nitrogens is 2. The monoisotopic (exact) mass is 419 g/mol. The number of benzene rings is 2. The van der Waals surface area contributed by atoms with Crippen LogP contribution >= 0.6 is 11.8 Å². The van der Waals surface area contributed by atoms with E-state index in [1.54, 1.807) is 6.08 Å². The highest BCUT2D eigenvalue weighted by atomic mass is 32.2. The Morgan fingerprint density at radius 3 is 2.73 bits per heavy atom. The number of aryl methyl sites for hydroxylation is 2. The van der Waals surface area contributed by atoms with Crippen LogP contribution in [0.2, 0.25) is 0 Å².